The van der Waals surface area contributed by atoms with Crippen molar-refractivity contribution in [3.05, 3.63) is 52.2 Å². The molecule has 0 amide bonds. The Kier molecular flexibility index (Phi) is 3.94. The fraction of sp³-hybridized carbons (Fsp3) is 0.214. The van der Waals surface area contributed by atoms with Crippen molar-refractivity contribution in [2.75, 3.05) is 7.11 Å². The lowest BCUT2D eigenvalue weighted by Gasteiger charge is -2.10. The summed E-state index contributed by atoms with van der Waals surface area (Å²) in [5, 5.41) is 2.03. The van der Waals surface area contributed by atoms with Crippen LogP contribution in [0.3, 0.4) is 0 Å². The summed E-state index contributed by atoms with van der Waals surface area (Å²) in [5.41, 5.74) is 1.04. The van der Waals surface area contributed by atoms with Crippen LogP contribution in [-0.4, -0.2) is 13.4 Å². The van der Waals surface area contributed by atoms with Crippen molar-refractivity contribution in [2.24, 2.45) is 0 Å². The van der Waals surface area contributed by atoms with Gasteiger partial charge in [-0.05, 0) is 35.6 Å². The van der Waals surface area contributed by atoms with Gasteiger partial charge >= 0.3 is 0 Å². The van der Waals surface area contributed by atoms with E-state index < -0.39 is 0 Å². The van der Waals surface area contributed by atoms with Crippen LogP contribution in [0.5, 0.6) is 5.75 Å². The van der Waals surface area contributed by atoms with E-state index in [1.807, 2.05) is 35.7 Å². The largest absolute Gasteiger partial charge is 0.497 e. The second kappa shape index (κ2) is 5.64. The molecule has 0 N–H and O–H groups in total. The van der Waals surface area contributed by atoms with E-state index in [1.165, 1.54) is 4.88 Å². The molecule has 0 radical (unpaired) electrons. The van der Waals surface area contributed by atoms with Crippen molar-refractivity contribution in [1.29, 1.82) is 0 Å². The van der Waals surface area contributed by atoms with E-state index in [2.05, 4.69) is 6.07 Å². The zero-order valence-electron chi connectivity index (χ0n) is 9.63. The van der Waals surface area contributed by atoms with Crippen LogP contribution in [-0.2, 0) is 11.2 Å². The summed E-state index contributed by atoms with van der Waals surface area (Å²) in [7, 11) is 1.64. The van der Waals surface area contributed by atoms with E-state index in [9.17, 15) is 4.79 Å². The average Bonchev–Trinajstić information content (AvgIpc) is 2.89. The normalized spacial score (nSPS) is 12.1. The minimum atomic E-state index is -0.0699. The van der Waals surface area contributed by atoms with E-state index in [4.69, 9.17) is 4.74 Å². The molecule has 0 aliphatic carbocycles. The number of thiophene rings is 1. The topological polar surface area (TPSA) is 26.3 Å². The van der Waals surface area contributed by atoms with Gasteiger partial charge in [0.05, 0.1) is 7.11 Å². The molecule has 1 aromatic carbocycles. The van der Waals surface area contributed by atoms with Crippen molar-refractivity contribution in [2.45, 2.75) is 12.3 Å². The second-order valence-corrected chi connectivity index (χ2v) is 4.83. The first-order chi connectivity index (χ1) is 8.33. The fourth-order valence-electron chi connectivity index (χ4n) is 1.74. The van der Waals surface area contributed by atoms with Crippen molar-refractivity contribution >= 4 is 17.6 Å². The number of hydrogen-bond acceptors (Lipinski definition) is 3. The number of carbonyl (C=O) groups is 1. The smallest absolute Gasteiger partial charge is 0.127 e. The van der Waals surface area contributed by atoms with Crippen molar-refractivity contribution in [1.82, 2.24) is 0 Å². The molecule has 2 nitrogen and oxygen atoms in total. The molecule has 1 unspecified atom stereocenters. The standard InChI is InChI=1S/C14H14O2S/c1-16-13-6-4-11(5-7-13)12(10-15)9-14-3-2-8-17-14/h2-8,10,12H,9H2,1H3. The van der Waals surface area contributed by atoms with Crippen LogP contribution in [0, 0.1) is 0 Å². The third-order valence-electron chi connectivity index (χ3n) is 2.71. The zero-order chi connectivity index (χ0) is 12.1. The van der Waals surface area contributed by atoms with Crippen molar-refractivity contribution in [3.8, 4) is 5.75 Å². The van der Waals surface area contributed by atoms with E-state index in [1.54, 1.807) is 18.4 Å². The van der Waals surface area contributed by atoms with Gasteiger partial charge < -0.3 is 9.53 Å². The van der Waals surface area contributed by atoms with Gasteiger partial charge in [0.15, 0.2) is 0 Å². The van der Waals surface area contributed by atoms with Crippen LogP contribution in [0.25, 0.3) is 0 Å². The number of hydrogen-bond donors (Lipinski definition) is 0. The molecule has 3 heteroatoms. The first kappa shape index (κ1) is 11.9. The molecule has 0 bridgehead atoms. The zero-order valence-corrected chi connectivity index (χ0v) is 10.4. The van der Waals surface area contributed by atoms with Crippen LogP contribution in [0.15, 0.2) is 41.8 Å². The minimum Gasteiger partial charge on any atom is -0.497 e. The number of ether oxygens (including phenoxy) is 1. The Hall–Kier alpha value is -1.61. The first-order valence-corrected chi connectivity index (χ1v) is 6.33. The van der Waals surface area contributed by atoms with E-state index in [0.29, 0.717) is 0 Å². The molecule has 0 aliphatic rings. The van der Waals surface area contributed by atoms with Gasteiger partial charge in [0.2, 0.25) is 0 Å². The highest BCUT2D eigenvalue weighted by Gasteiger charge is 2.11. The van der Waals surface area contributed by atoms with Gasteiger partial charge in [0.25, 0.3) is 0 Å². The summed E-state index contributed by atoms with van der Waals surface area (Å²) < 4.78 is 5.10. The maximum absolute atomic E-state index is 11.2. The Bertz CT molecular complexity index is 459. The minimum absolute atomic E-state index is 0.0699. The Morgan fingerprint density at radius 2 is 2.06 bits per heavy atom. The van der Waals surface area contributed by atoms with E-state index in [0.717, 1.165) is 24.0 Å². The molecule has 1 atom stereocenters. The van der Waals surface area contributed by atoms with Crippen LogP contribution in [0.4, 0.5) is 0 Å². The van der Waals surface area contributed by atoms with Gasteiger partial charge in [-0.1, -0.05) is 18.2 Å². The highest BCUT2D eigenvalue weighted by molar-refractivity contribution is 7.09. The maximum Gasteiger partial charge on any atom is 0.127 e. The molecular formula is C14H14O2S. The van der Waals surface area contributed by atoms with Crippen LogP contribution >= 0.6 is 11.3 Å². The van der Waals surface area contributed by atoms with Crippen LogP contribution < -0.4 is 4.74 Å². The van der Waals surface area contributed by atoms with Gasteiger partial charge in [-0.3, -0.25) is 0 Å². The van der Waals surface area contributed by atoms with Crippen molar-refractivity contribution in [3.63, 3.8) is 0 Å². The number of aldehydes is 1. The lowest BCUT2D eigenvalue weighted by molar-refractivity contribution is -0.109. The lowest BCUT2D eigenvalue weighted by atomic mass is 9.96. The highest BCUT2D eigenvalue weighted by Crippen LogP contribution is 2.23. The quantitative estimate of drug-likeness (QED) is 0.757. The molecule has 0 aliphatic heterocycles. The van der Waals surface area contributed by atoms with Gasteiger partial charge in [-0.25, -0.2) is 0 Å². The average molecular weight is 246 g/mol. The van der Waals surface area contributed by atoms with Gasteiger partial charge in [0.1, 0.15) is 12.0 Å². The molecule has 1 aromatic heterocycles. The molecule has 0 saturated carbocycles. The van der Waals surface area contributed by atoms with E-state index >= 15 is 0 Å². The van der Waals surface area contributed by atoms with Crippen molar-refractivity contribution < 1.29 is 9.53 Å². The maximum atomic E-state index is 11.2. The van der Waals surface area contributed by atoms with Crippen LogP contribution in [0.2, 0.25) is 0 Å². The predicted molar refractivity (Wildman–Crippen MR) is 69.8 cm³/mol. The summed E-state index contributed by atoms with van der Waals surface area (Å²) in [6, 6.07) is 11.7. The molecule has 0 spiro atoms. The third kappa shape index (κ3) is 2.94. The summed E-state index contributed by atoms with van der Waals surface area (Å²) in [6.45, 7) is 0. The SMILES string of the molecule is COc1ccc(C(C=O)Cc2cccs2)cc1. The number of rotatable bonds is 5. The molecule has 0 saturated heterocycles. The number of methoxy groups -OCH3 is 1. The Labute approximate surface area is 105 Å². The number of carbonyl (C=O) groups excluding carboxylic acids is 1. The molecule has 2 aromatic rings. The Balaban J connectivity index is 2.14. The second-order valence-electron chi connectivity index (χ2n) is 3.80. The molecule has 0 fully saturated rings. The summed E-state index contributed by atoms with van der Waals surface area (Å²) >= 11 is 1.69. The molecule has 17 heavy (non-hydrogen) atoms. The van der Waals surface area contributed by atoms with Gasteiger partial charge in [-0.15, -0.1) is 11.3 Å². The first-order valence-electron chi connectivity index (χ1n) is 5.45. The highest BCUT2D eigenvalue weighted by atomic mass is 32.1. The summed E-state index contributed by atoms with van der Waals surface area (Å²) in [6.07, 6.45) is 1.79. The van der Waals surface area contributed by atoms with E-state index in [-0.39, 0.29) is 5.92 Å². The molecule has 2 rings (SSSR count). The third-order valence-corrected chi connectivity index (χ3v) is 3.61. The van der Waals surface area contributed by atoms with Gasteiger partial charge in [-0.2, -0.15) is 0 Å². The molecular weight excluding hydrogens is 232 g/mol. The Morgan fingerprint density at radius 1 is 1.29 bits per heavy atom. The molecule has 88 valence electrons. The summed E-state index contributed by atoms with van der Waals surface area (Å²) in [5.74, 6) is 0.745. The number of benzene rings is 1. The Morgan fingerprint density at radius 3 is 2.59 bits per heavy atom. The monoisotopic (exact) mass is 246 g/mol. The van der Waals surface area contributed by atoms with Crippen LogP contribution in [0.1, 0.15) is 16.4 Å². The molecule has 1 heterocycles. The van der Waals surface area contributed by atoms with Gasteiger partial charge in [0, 0.05) is 10.8 Å². The predicted octanol–water partition coefficient (Wildman–Crippen LogP) is 3.28. The summed E-state index contributed by atoms with van der Waals surface area (Å²) in [4.78, 5) is 12.4. The fourth-order valence-corrected chi connectivity index (χ4v) is 2.51. The lowest BCUT2D eigenvalue weighted by Crippen LogP contribution is -2.03.